The third-order valence-electron chi connectivity index (χ3n) is 2.93. The molecule has 90 valence electrons. The lowest BCUT2D eigenvalue weighted by atomic mass is 10.1. The van der Waals surface area contributed by atoms with E-state index in [0.29, 0.717) is 25.9 Å². The highest BCUT2D eigenvalue weighted by atomic mass is 19.1. The maximum absolute atomic E-state index is 13.7. The van der Waals surface area contributed by atoms with E-state index < -0.39 is 17.7 Å². The van der Waals surface area contributed by atoms with Crippen LogP contribution in [0.25, 0.3) is 0 Å². The van der Waals surface area contributed by atoms with E-state index in [4.69, 9.17) is 5.26 Å². The normalized spacial score (nSPS) is 16.9. The molecule has 1 aromatic rings. The van der Waals surface area contributed by atoms with Crippen LogP contribution in [0.5, 0.6) is 0 Å². The number of aliphatic hydroxyl groups excluding tert-OH is 1. The van der Waals surface area contributed by atoms with E-state index in [-0.39, 0.29) is 11.3 Å². The lowest BCUT2D eigenvalue weighted by Crippen LogP contribution is -2.36. The van der Waals surface area contributed by atoms with Crippen LogP contribution in [0.4, 0.5) is 14.5 Å². The molecule has 0 bridgehead atoms. The molecule has 17 heavy (non-hydrogen) atoms. The molecule has 1 aliphatic heterocycles. The molecule has 1 saturated heterocycles. The summed E-state index contributed by atoms with van der Waals surface area (Å²) in [6, 6.07) is 3.77. The maximum atomic E-state index is 13.7. The van der Waals surface area contributed by atoms with Crippen molar-refractivity contribution in [3.8, 4) is 6.07 Å². The van der Waals surface area contributed by atoms with E-state index in [2.05, 4.69) is 0 Å². The first-order valence-electron chi connectivity index (χ1n) is 5.44. The van der Waals surface area contributed by atoms with Crippen molar-refractivity contribution in [3.05, 3.63) is 29.3 Å². The number of aliphatic hydroxyl groups is 1. The molecule has 0 unspecified atom stereocenters. The van der Waals surface area contributed by atoms with Crippen LogP contribution in [-0.4, -0.2) is 24.3 Å². The summed E-state index contributed by atoms with van der Waals surface area (Å²) in [6.45, 7) is 0.835. The minimum Gasteiger partial charge on any atom is -0.393 e. The van der Waals surface area contributed by atoms with Gasteiger partial charge < -0.3 is 10.0 Å². The summed E-state index contributed by atoms with van der Waals surface area (Å²) < 4.78 is 27.4. The van der Waals surface area contributed by atoms with Crippen molar-refractivity contribution in [1.82, 2.24) is 0 Å². The molecule has 5 heteroatoms. The quantitative estimate of drug-likeness (QED) is 0.811. The van der Waals surface area contributed by atoms with Crippen LogP contribution < -0.4 is 4.90 Å². The Labute approximate surface area is 97.9 Å². The van der Waals surface area contributed by atoms with E-state index in [1.165, 1.54) is 0 Å². The molecule has 1 N–H and O–H groups in total. The lowest BCUT2D eigenvalue weighted by molar-refractivity contribution is 0.145. The average molecular weight is 238 g/mol. The monoisotopic (exact) mass is 238 g/mol. The fourth-order valence-electron chi connectivity index (χ4n) is 2.02. The number of hydrogen-bond donors (Lipinski definition) is 1. The fraction of sp³-hybridized carbons (Fsp3) is 0.417. The van der Waals surface area contributed by atoms with Crippen molar-refractivity contribution in [2.24, 2.45) is 0 Å². The topological polar surface area (TPSA) is 47.3 Å². The van der Waals surface area contributed by atoms with Gasteiger partial charge in [0.25, 0.3) is 0 Å². The van der Waals surface area contributed by atoms with Crippen LogP contribution in [-0.2, 0) is 0 Å². The number of anilines is 1. The molecule has 1 fully saturated rings. The molecule has 1 aliphatic rings. The van der Waals surface area contributed by atoms with Crippen LogP contribution in [0.3, 0.4) is 0 Å². The summed E-state index contributed by atoms with van der Waals surface area (Å²) in [5.74, 6) is -1.45. The van der Waals surface area contributed by atoms with E-state index in [1.54, 1.807) is 11.0 Å². The third-order valence-corrected chi connectivity index (χ3v) is 2.93. The largest absolute Gasteiger partial charge is 0.393 e. The SMILES string of the molecule is N#Cc1cc(F)c(N2CCC(O)CC2)c(F)c1. The van der Waals surface area contributed by atoms with Crippen molar-refractivity contribution in [2.75, 3.05) is 18.0 Å². The first-order chi connectivity index (χ1) is 8.11. The Hall–Kier alpha value is -1.67. The molecule has 2 rings (SSSR count). The minimum absolute atomic E-state index is 0.0270. The Morgan fingerprint density at radius 1 is 1.24 bits per heavy atom. The molecule has 1 heterocycles. The molecular formula is C12H12F2N2O. The summed E-state index contributed by atoms with van der Waals surface area (Å²) >= 11 is 0. The van der Waals surface area contributed by atoms with Crippen LogP contribution in [0.2, 0.25) is 0 Å². The maximum Gasteiger partial charge on any atom is 0.150 e. The van der Waals surface area contributed by atoms with Gasteiger partial charge in [0, 0.05) is 13.1 Å². The zero-order chi connectivity index (χ0) is 12.4. The second kappa shape index (κ2) is 4.68. The minimum atomic E-state index is -0.724. The number of nitrogens with zero attached hydrogens (tertiary/aromatic N) is 2. The Morgan fingerprint density at radius 2 is 1.76 bits per heavy atom. The van der Waals surface area contributed by atoms with Crippen LogP contribution in [0, 0.1) is 23.0 Å². The van der Waals surface area contributed by atoms with Crippen molar-refractivity contribution >= 4 is 5.69 Å². The van der Waals surface area contributed by atoms with Crippen molar-refractivity contribution in [1.29, 1.82) is 5.26 Å². The van der Waals surface area contributed by atoms with Gasteiger partial charge in [0.2, 0.25) is 0 Å². The van der Waals surface area contributed by atoms with Gasteiger partial charge in [0.1, 0.15) is 5.69 Å². The van der Waals surface area contributed by atoms with Gasteiger partial charge in [-0.1, -0.05) is 0 Å². The summed E-state index contributed by atoms with van der Waals surface area (Å²) in [5.41, 5.74) is -0.128. The van der Waals surface area contributed by atoms with Crippen molar-refractivity contribution in [2.45, 2.75) is 18.9 Å². The highest BCUT2D eigenvalue weighted by molar-refractivity contribution is 5.52. The number of nitriles is 1. The van der Waals surface area contributed by atoms with Gasteiger partial charge in [-0.3, -0.25) is 0 Å². The van der Waals surface area contributed by atoms with Crippen LogP contribution in [0.15, 0.2) is 12.1 Å². The first-order valence-corrected chi connectivity index (χ1v) is 5.44. The molecule has 0 aliphatic carbocycles. The smallest absolute Gasteiger partial charge is 0.150 e. The third kappa shape index (κ3) is 2.37. The van der Waals surface area contributed by atoms with Crippen LogP contribution >= 0.6 is 0 Å². The highest BCUT2D eigenvalue weighted by Gasteiger charge is 2.23. The summed E-state index contributed by atoms with van der Waals surface area (Å²) in [4.78, 5) is 1.57. The predicted molar refractivity (Wildman–Crippen MR) is 58.5 cm³/mol. The number of hydrogen-bond acceptors (Lipinski definition) is 3. The second-order valence-electron chi connectivity index (χ2n) is 4.12. The van der Waals surface area contributed by atoms with Crippen LogP contribution in [0.1, 0.15) is 18.4 Å². The molecular weight excluding hydrogens is 226 g/mol. The Morgan fingerprint density at radius 3 is 2.24 bits per heavy atom. The number of piperidine rings is 1. The zero-order valence-electron chi connectivity index (χ0n) is 9.16. The molecule has 0 aromatic heterocycles. The van der Waals surface area contributed by atoms with Gasteiger partial charge in [-0.15, -0.1) is 0 Å². The molecule has 0 radical (unpaired) electrons. The van der Waals surface area contributed by atoms with E-state index in [9.17, 15) is 13.9 Å². The molecule has 0 spiro atoms. The summed E-state index contributed by atoms with van der Waals surface area (Å²) in [6.07, 6.45) is 0.605. The Kier molecular flexibility index (Phi) is 3.25. The summed E-state index contributed by atoms with van der Waals surface area (Å²) in [7, 11) is 0. The van der Waals surface area contributed by atoms with E-state index >= 15 is 0 Å². The molecule has 0 atom stereocenters. The number of benzene rings is 1. The van der Waals surface area contributed by atoms with Gasteiger partial charge in [-0.05, 0) is 25.0 Å². The number of rotatable bonds is 1. The van der Waals surface area contributed by atoms with Crippen molar-refractivity contribution < 1.29 is 13.9 Å². The van der Waals surface area contributed by atoms with Gasteiger partial charge in [0.05, 0.1) is 17.7 Å². The summed E-state index contributed by atoms with van der Waals surface area (Å²) in [5, 5.41) is 17.9. The molecule has 1 aromatic carbocycles. The molecule has 0 amide bonds. The van der Waals surface area contributed by atoms with E-state index in [0.717, 1.165) is 12.1 Å². The van der Waals surface area contributed by atoms with E-state index in [1.807, 2.05) is 0 Å². The first kappa shape index (κ1) is 11.8. The standard InChI is InChI=1S/C12H12F2N2O/c13-10-5-8(7-15)6-11(14)12(10)16-3-1-9(17)2-4-16/h5-6,9,17H,1-4H2. The molecule has 3 nitrogen and oxygen atoms in total. The predicted octanol–water partition coefficient (Wildman–Crippen LogP) is 1.80. The zero-order valence-corrected chi connectivity index (χ0v) is 9.16. The lowest BCUT2D eigenvalue weighted by Gasteiger charge is -2.31. The number of halogens is 2. The van der Waals surface area contributed by atoms with Crippen molar-refractivity contribution in [3.63, 3.8) is 0 Å². The van der Waals surface area contributed by atoms with Gasteiger partial charge in [-0.2, -0.15) is 5.26 Å². The molecule has 0 saturated carbocycles. The average Bonchev–Trinajstić information content (AvgIpc) is 2.30. The van der Waals surface area contributed by atoms with Gasteiger partial charge in [0.15, 0.2) is 11.6 Å². The Bertz CT molecular complexity index is 439. The highest BCUT2D eigenvalue weighted by Crippen LogP contribution is 2.27. The van der Waals surface area contributed by atoms with Gasteiger partial charge in [-0.25, -0.2) is 8.78 Å². The fourth-order valence-corrected chi connectivity index (χ4v) is 2.02. The van der Waals surface area contributed by atoms with Gasteiger partial charge >= 0.3 is 0 Å². The Balaban J connectivity index is 2.30. The second-order valence-corrected chi connectivity index (χ2v) is 4.12.